The van der Waals surface area contributed by atoms with Crippen molar-refractivity contribution < 1.29 is 19.0 Å². The molecule has 16 heavy (non-hydrogen) atoms. The van der Waals surface area contributed by atoms with E-state index in [0.717, 1.165) is 6.20 Å². The number of rotatable bonds is 3. The first kappa shape index (κ1) is 11.8. The topological polar surface area (TPSA) is 87.9 Å². The van der Waals surface area contributed by atoms with Gasteiger partial charge in [-0.25, -0.2) is 19.2 Å². The highest BCUT2D eigenvalue weighted by Gasteiger charge is 2.09. The Morgan fingerprint density at radius 1 is 1.69 bits per heavy atom. The van der Waals surface area contributed by atoms with Crippen molar-refractivity contribution in [1.29, 1.82) is 0 Å². The van der Waals surface area contributed by atoms with Gasteiger partial charge in [0.15, 0.2) is 11.6 Å². The van der Waals surface area contributed by atoms with Crippen molar-refractivity contribution in [2.24, 2.45) is 4.99 Å². The standard InChI is InChI=1S/C8H9FN4O3/c1-13(2)4-11-6-5(9)3-10-7(12-6)16-8(14)15/h3-4H,1-2H3,(H,14,15)/b11-4+. The summed E-state index contributed by atoms with van der Waals surface area (Å²) < 4.78 is 17.3. The molecule has 0 amide bonds. The molecule has 0 atom stereocenters. The second kappa shape index (κ2) is 5.01. The van der Waals surface area contributed by atoms with E-state index < -0.39 is 18.0 Å². The van der Waals surface area contributed by atoms with Crippen LogP contribution < -0.4 is 4.74 Å². The van der Waals surface area contributed by atoms with Crippen LogP contribution in [0.25, 0.3) is 0 Å². The van der Waals surface area contributed by atoms with Gasteiger partial charge in [-0.15, -0.1) is 0 Å². The van der Waals surface area contributed by atoms with Crippen LogP contribution in [-0.4, -0.2) is 46.6 Å². The summed E-state index contributed by atoms with van der Waals surface area (Å²) in [7, 11) is 3.38. The molecule has 0 radical (unpaired) electrons. The molecule has 0 fully saturated rings. The Bertz CT molecular complexity index is 422. The van der Waals surface area contributed by atoms with Gasteiger partial charge < -0.3 is 14.7 Å². The predicted octanol–water partition coefficient (Wildman–Crippen LogP) is 0.894. The Balaban J connectivity index is 2.94. The fourth-order valence-electron chi connectivity index (χ4n) is 0.730. The third-order valence-electron chi connectivity index (χ3n) is 1.29. The van der Waals surface area contributed by atoms with Crippen LogP contribution >= 0.6 is 0 Å². The number of carbonyl (C=O) groups is 1. The van der Waals surface area contributed by atoms with Gasteiger partial charge in [-0.05, 0) is 0 Å². The van der Waals surface area contributed by atoms with E-state index in [1.165, 1.54) is 6.34 Å². The molecule has 0 aliphatic rings. The maximum absolute atomic E-state index is 13.1. The molecule has 1 aromatic rings. The van der Waals surface area contributed by atoms with Gasteiger partial charge in [-0.1, -0.05) is 0 Å². The normalized spacial score (nSPS) is 10.4. The first-order chi connectivity index (χ1) is 7.49. The van der Waals surface area contributed by atoms with Gasteiger partial charge in [-0.3, -0.25) is 0 Å². The summed E-state index contributed by atoms with van der Waals surface area (Å²) in [6, 6.07) is -0.472. The highest BCUT2D eigenvalue weighted by molar-refractivity contribution is 5.61. The number of aromatic nitrogens is 2. The quantitative estimate of drug-likeness (QED) is 0.469. The average Bonchev–Trinajstić information content (AvgIpc) is 2.18. The zero-order valence-corrected chi connectivity index (χ0v) is 8.59. The molecule has 7 nitrogen and oxygen atoms in total. The van der Waals surface area contributed by atoms with Crippen LogP contribution in [-0.2, 0) is 0 Å². The van der Waals surface area contributed by atoms with Crippen LogP contribution in [0.4, 0.5) is 15.0 Å². The summed E-state index contributed by atoms with van der Waals surface area (Å²) in [5.41, 5.74) is 0. The molecular weight excluding hydrogens is 219 g/mol. The third-order valence-corrected chi connectivity index (χ3v) is 1.29. The fraction of sp³-hybridized carbons (Fsp3) is 0.250. The summed E-state index contributed by atoms with van der Waals surface area (Å²) >= 11 is 0. The maximum Gasteiger partial charge on any atom is 0.513 e. The third kappa shape index (κ3) is 3.48. The zero-order chi connectivity index (χ0) is 12.1. The second-order valence-corrected chi connectivity index (χ2v) is 2.90. The highest BCUT2D eigenvalue weighted by atomic mass is 19.1. The van der Waals surface area contributed by atoms with Gasteiger partial charge in [0.1, 0.15) is 0 Å². The van der Waals surface area contributed by atoms with E-state index >= 15 is 0 Å². The maximum atomic E-state index is 13.1. The van der Waals surface area contributed by atoms with Crippen LogP contribution in [0.1, 0.15) is 0 Å². The molecule has 0 aromatic carbocycles. The van der Waals surface area contributed by atoms with E-state index in [4.69, 9.17) is 5.11 Å². The molecule has 0 aliphatic heterocycles. The van der Waals surface area contributed by atoms with Gasteiger partial charge in [0.2, 0.25) is 0 Å². The lowest BCUT2D eigenvalue weighted by Gasteiger charge is -2.03. The van der Waals surface area contributed by atoms with Crippen LogP contribution in [0, 0.1) is 5.82 Å². The minimum absolute atomic E-state index is 0.292. The van der Waals surface area contributed by atoms with Crippen molar-refractivity contribution in [3.05, 3.63) is 12.0 Å². The van der Waals surface area contributed by atoms with Gasteiger partial charge in [-0.2, -0.15) is 4.98 Å². The molecular formula is C8H9FN4O3. The number of halogens is 1. The van der Waals surface area contributed by atoms with Crippen molar-refractivity contribution in [1.82, 2.24) is 14.9 Å². The molecule has 86 valence electrons. The molecule has 1 rings (SSSR count). The number of carboxylic acid groups (broad SMARTS) is 1. The Kier molecular flexibility index (Phi) is 3.70. The van der Waals surface area contributed by atoms with Crippen LogP contribution in [0.5, 0.6) is 6.01 Å². The number of nitrogens with zero attached hydrogens (tertiary/aromatic N) is 4. The van der Waals surface area contributed by atoms with Crippen LogP contribution in [0.15, 0.2) is 11.2 Å². The van der Waals surface area contributed by atoms with E-state index in [9.17, 15) is 9.18 Å². The van der Waals surface area contributed by atoms with Crippen molar-refractivity contribution in [2.75, 3.05) is 14.1 Å². The van der Waals surface area contributed by atoms with Crippen molar-refractivity contribution in [3.8, 4) is 6.01 Å². The molecule has 0 saturated carbocycles. The van der Waals surface area contributed by atoms with Crippen LogP contribution in [0.3, 0.4) is 0 Å². The molecule has 0 spiro atoms. The van der Waals surface area contributed by atoms with E-state index in [1.54, 1.807) is 19.0 Å². The lowest BCUT2D eigenvalue weighted by atomic mass is 10.5. The summed E-state index contributed by atoms with van der Waals surface area (Å²) in [5, 5.41) is 8.30. The average molecular weight is 228 g/mol. The molecule has 1 aromatic heterocycles. The molecule has 0 bridgehead atoms. The predicted molar refractivity (Wildman–Crippen MR) is 52.5 cm³/mol. The Morgan fingerprint density at radius 3 is 2.94 bits per heavy atom. The molecule has 0 saturated heterocycles. The minimum atomic E-state index is -1.57. The Hall–Kier alpha value is -2.25. The molecule has 0 aliphatic carbocycles. The SMILES string of the molecule is CN(C)/C=N/c1nc(OC(=O)O)ncc1F. The fourth-order valence-corrected chi connectivity index (χ4v) is 0.730. The highest BCUT2D eigenvalue weighted by Crippen LogP contribution is 2.15. The summed E-state index contributed by atoms with van der Waals surface area (Å²) in [6.45, 7) is 0. The Labute approximate surface area is 90.2 Å². The smallest absolute Gasteiger partial charge is 0.449 e. The summed E-state index contributed by atoms with van der Waals surface area (Å²) in [6.07, 6.45) is 0.526. The monoisotopic (exact) mass is 228 g/mol. The Morgan fingerprint density at radius 2 is 2.38 bits per heavy atom. The molecule has 1 N–H and O–H groups in total. The van der Waals surface area contributed by atoms with Gasteiger partial charge in [0, 0.05) is 14.1 Å². The summed E-state index contributed by atoms with van der Waals surface area (Å²) in [4.78, 5) is 22.2. The van der Waals surface area contributed by atoms with E-state index in [1.807, 2.05) is 0 Å². The van der Waals surface area contributed by atoms with Crippen molar-refractivity contribution >= 4 is 18.3 Å². The van der Waals surface area contributed by atoms with E-state index in [2.05, 4.69) is 19.7 Å². The largest absolute Gasteiger partial charge is 0.513 e. The first-order valence-corrected chi connectivity index (χ1v) is 4.13. The second-order valence-electron chi connectivity index (χ2n) is 2.90. The number of hydrogen-bond acceptors (Lipinski definition) is 5. The summed E-state index contributed by atoms with van der Waals surface area (Å²) in [5.74, 6) is -1.06. The van der Waals surface area contributed by atoms with Gasteiger partial charge >= 0.3 is 12.2 Å². The van der Waals surface area contributed by atoms with Gasteiger partial charge in [0.25, 0.3) is 0 Å². The van der Waals surface area contributed by atoms with E-state index in [0.29, 0.717) is 0 Å². The number of hydrogen-bond donors (Lipinski definition) is 1. The number of ether oxygens (including phenoxy) is 1. The van der Waals surface area contributed by atoms with Crippen LogP contribution in [0.2, 0.25) is 0 Å². The minimum Gasteiger partial charge on any atom is -0.449 e. The van der Waals surface area contributed by atoms with Gasteiger partial charge in [0.05, 0.1) is 12.5 Å². The van der Waals surface area contributed by atoms with Crippen molar-refractivity contribution in [2.45, 2.75) is 0 Å². The lowest BCUT2D eigenvalue weighted by molar-refractivity contribution is 0.140. The molecule has 1 heterocycles. The van der Waals surface area contributed by atoms with E-state index in [-0.39, 0.29) is 5.82 Å². The molecule has 8 heteroatoms. The molecule has 0 unspecified atom stereocenters. The first-order valence-electron chi connectivity index (χ1n) is 4.13. The van der Waals surface area contributed by atoms with Crippen molar-refractivity contribution in [3.63, 3.8) is 0 Å². The lowest BCUT2D eigenvalue weighted by Crippen LogP contribution is -2.08. The number of aliphatic imine (C=N–C) groups is 1. The zero-order valence-electron chi connectivity index (χ0n) is 8.59.